The molecular weight excluding hydrogens is 312 g/mol. The van der Waals surface area contributed by atoms with Crippen LogP contribution in [-0.4, -0.2) is 30.2 Å². The number of nitrogens with zero attached hydrogens (tertiary/aromatic N) is 3. The van der Waals surface area contributed by atoms with Gasteiger partial charge in [0.25, 0.3) is 0 Å². The topological polar surface area (TPSA) is 50.3 Å². The lowest BCUT2D eigenvalue weighted by molar-refractivity contribution is 0.415. The van der Waals surface area contributed by atoms with Gasteiger partial charge >= 0.3 is 0 Å². The Labute approximate surface area is 141 Å². The average molecular weight is 333 g/mol. The summed E-state index contributed by atoms with van der Waals surface area (Å²) in [5.74, 6) is 2.98. The zero-order valence-electron chi connectivity index (χ0n) is 13.4. The first-order valence-electron chi connectivity index (χ1n) is 7.84. The first-order chi connectivity index (χ1) is 11.1. The molecule has 0 saturated carbocycles. The molecule has 122 valence electrons. The third-order valence-corrected chi connectivity index (χ3v) is 4.33. The molecule has 0 radical (unpaired) electrons. The zero-order valence-corrected chi connectivity index (χ0v) is 14.2. The Balaban J connectivity index is 1.76. The summed E-state index contributed by atoms with van der Waals surface area (Å²) in [4.78, 5) is 11.1. The Bertz CT molecular complexity index is 654. The van der Waals surface area contributed by atoms with Crippen LogP contribution in [0.25, 0.3) is 0 Å². The largest absolute Gasteiger partial charge is 0.497 e. The van der Waals surface area contributed by atoms with Crippen molar-refractivity contribution in [2.45, 2.75) is 19.8 Å². The molecular formula is C17H21ClN4O. The van der Waals surface area contributed by atoms with E-state index in [-0.39, 0.29) is 0 Å². The standard InChI is InChI=1S/C17H21ClN4O/c1-12-7-9-22(10-8-12)16-11-15(18)20-17(21-16)19-13-3-5-14(23-2)6-4-13/h3-6,11-12H,7-10H2,1-2H3,(H,19,20,21). The van der Waals surface area contributed by atoms with Gasteiger partial charge in [-0.15, -0.1) is 0 Å². The first kappa shape index (κ1) is 15.9. The highest BCUT2D eigenvalue weighted by molar-refractivity contribution is 6.29. The molecule has 0 bridgehead atoms. The van der Waals surface area contributed by atoms with E-state index in [9.17, 15) is 0 Å². The smallest absolute Gasteiger partial charge is 0.230 e. The molecule has 0 spiro atoms. The minimum atomic E-state index is 0.449. The lowest BCUT2D eigenvalue weighted by Crippen LogP contribution is -2.33. The number of benzene rings is 1. The van der Waals surface area contributed by atoms with E-state index in [0.29, 0.717) is 11.1 Å². The van der Waals surface area contributed by atoms with Gasteiger partial charge in [-0.3, -0.25) is 0 Å². The van der Waals surface area contributed by atoms with Crippen LogP contribution in [0.3, 0.4) is 0 Å². The van der Waals surface area contributed by atoms with Crippen molar-refractivity contribution in [2.24, 2.45) is 5.92 Å². The van der Waals surface area contributed by atoms with Crippen LogP contribution in [0.1, 0.15) is 19.8 Å². The molecule has 6 heteroatoms. The molecule has 1 fully saturated rings. The van der Waals surface area contributed by atoms with Crippen LogP contribution in [0, 0.1) is 5.92 Å². The Kier molecular flexibility index (Phi) is 4.86. The lowest BCUT2D eigenvalue weighted by Gasteiger charge is -2.31. The number of piperidine rings is 1. The molecule has 1 aliphatic rings. The minimum Gasteiger partial charge on any atom is -0.497 e. The van der Waals surface area contributed by atoms with Gasteiger partial charge in [-0.05, 0) is 43.0 Å². The zero-order chi connectivity index (χ0) is 16.2. The summed E-state index contributed by atoms with van der Waals surface area (Å²) in [6, 6.07) is 9.45. The van der Waals surface area contributed by atoms with E-state index >= 15 is 0 Å². The maximum Gasteiger partial charge on any atom is 0.230 e. The highest BCUT2D eigenvalue weighted by Crippen LogP contribution is 2.25. The highest BCUT2D eigenvalue weighted by atomic mass is 35.5. The van der Waals surface area contributed by atoms with Gasteiger partial charge in [-0.2, -0.15) is 4.98 Å². The average Bonchev–Trinajstić information content (AvgIpc) is 2.56. The summed E-state index contributed by atoms with van der Waals surface area (Å²) in [7, 11) is 1.65. The fraction of sp³-hybridized carbons (Fsp3) is 0.412. The van der Waals surface area contributed by atoms with Crippen LogP contribution in [-0.2, 0) is 0 Å². The minimum absolute atomic E-state index is 0.449. The van der Waals surface area contributed by atoms with Crippen LogP contribution < -0.4 is 15.0 Å². The first-order valence-corrected chi connectivity index (χ1v) is 8.22. The molecule has 3 rings (SSSR count). The summed E-state index contributed by atoms with van der Waals surface area (Å²) in [6.07, 6.45) is 2.37. The van der Waals surface area contributed by atoms with Crippen molar-refractivity contribution in [2.75, 3.05) is 30.4 Å². The van der Waals surface area contributed by atoms with Crippen LogP contribution in [0.5, 0.6) is 5.75 Å². The Morgan fingerprint density at radius 2 is 1.87 bits per heavy atom. The van der Waals surface area contributed by atoms with Gasteiger partial charge in [-0.1, -0.05) is 18.5 Å². The van der Waals surface area contributed by atoms with E-state index < -0.39 is 0 Å². The molecule has 0 aliphatic carbocycles. The second kappa shape index (κ2) is 7.04. The Morgan fingerprint density at radius 3 is 2.52 bits per heavy atom. The molecule has 5 nitrogen and oxygen atoms in total. The van der Waals surface area contributed by atoms with Crippen LogP contribution in [0.2, 0.25) is 5.15 Å². The second-order valence-corrected chi connectivity index (χ2v) is 6.28. The van der Waals surface area contributed by atoms with E-state index in [0.717, 1.165) is 36.3 Å². The molecule has 1 saturated heterocycles. The van der Waals surface area contributed by atoms with Crippen molar-refractivity contribution < 1.29 is 4.74 Å². The van der Waals surface area contributed by atoms with E-state index in [2.05, 4.69) is 27.1 Å². The van der Waals surface area contributed by atoms with Gasteiger partial charge < -0.3 is 15.0 Å². The number of hydrogen-bond donors (Lipinski definition) is 1. The maximum absolute atomic E-state index is 6.17. The van der Waals surface area contributed by atoms with Crippen molar-refractivity contribution in [1.82, 2.24) is 9.97 Å². The summed E-state index contributed by atoms with van der Waals surface area (Å²) < 4.78 is 5.16. The SMILES string of the molecule is COc1ccc(Nc2nc(Cl)cc(N3CCC(C)CC3)n2)cc1. The predicted octanol–water partition coefficient (Wildman–Crippen LogP) is 4.12. The maximum atomic E-state index is 6.17. The number of hydrogen-bond acceptors (Lipinski definition) is 5. The number of ether oxygens (including phenoxy) is 1. The molecule has 1 aliphatic heterocycles. The molecule has 1 N–H and O–H groups in total. The quantitative estimate of drug-likeness (QED) is 0.853. The fourth-order valence-electron chi connectivity index (χ4n) is 2.66. The highest BCUT2D eigenvalue weighted by Gasteiger charge is 2.18. The van der Waals surface area contributed by atoms with Crippen molar-refractivity contribution in [1.29, 1.82) is 0 Å². The molecule has 1 aromatic heterocycles. The van der Waals surface area contributed by atoms with E-state index in [1.54, 1.807) is 7.11 Å². The predicted molar refractivity (Wildman–Crippen MR) is 93.9 cm³/mol. The molecule has 0 atom stereocenters. The summed E-state index contributed by atoms with van der Waals surface area (Å²) in [5, 5.41) is 3.64. The molecule has 23 heavy (non-hydrogen) atoms. The summed E-state index contributed by atoms with van der Waals surface area (Å²) in [6.45, 7) is 4.31. The van der Waals surface area contributed by atoms with Crippen molar-refractivity contribution in [3.63, 3.8) is 0 Å². The number of aromatic nitrogens is 2. The Morgan fingerprint density at radius 1 is 1.17 bits per heavy atom. The lowest BCUT2D eigenvalue weighted by atomic mass is 9.99. The molecule has 1 aromatic carbocycles. The molecule has 0 amide bonds. The fourth-order valence-corrected chi connectivity index (χ4v) is 2.84. The molecule has 0 unspecified atom stereocenters. The van der Waals surface area contributed by atoms with Gasteiger partial charge in [0.2, 0.25) is 5.95 Å². The number of nitrogens with one attached hydrogen (secondary N) is 1. The third kappa shape index (κ3) is 4.05. The molecule has 2 aromatic rings. The third-order valence-electron chi connectivity index (χ3n) is 4.14. The van der Waals surface area contributed by atoms with Gasteiger partial charge in [0.15, 0.2) is 0 Å². The van der Waals surface area contributed by atoms with Crippen molar-refractivity contribution in [3.05, 3.63) is 35.5 Å². The van der Waals surface area contributed by atoms with Gasteiger partial charge in [-0.25, -0.2) is 4.98 Å². The van der Waals surface area contributed by atoms with Crippen LogP contribution in [0.15, 0.2) is 30.3 Å². The van der Waals surface area contributed by atoms with Gasteiger partial charge in [0.05, 0.1) is 7.11 Å². The van der Waals surface area contributed by atoms with Gasteiger partial charge in [0, 0.05) is 24.8 Å². The van der Waals surface area contributed by atoms with E-state index in [1.165, 1.54) is 12.8 Å². The van der Waals surface area contributed by atoms with Gasteiger partial charge in [0.1, 0.15) is 16.7 Å². The number of anilines is 3. The normalized spacial score (nSPS) is 15.5. The number of rotatable bonds is 4. The second-order valence-electron chi connectivity index (χ2n) is 5.90. The van der Waals surface area contributed by atoms with Crippen LogP contribution in [0.4, 0.5) is 17.5 Å². The Hall–Kier alpha value is -2.01. The van der Waals surface area contributed by atoms with E-state index in [4.69, 9.17) is 16.3 Å². The summed E-state index contributed by atoms with van der Waals surface area (Å²) in [5.41, 5.74) is 0.895. The van der Waals surface area contributed by atoms with Crippen molar-refractivity contribution in [3.8, 4) is 5.75 Å². The monoisotopic (exact) mass is 332 g/mol. The number of halogens is 1. The van der Waals surface area contributed by atoms with Crippen LogP contribution >= 0.6 is 11.6 Å². The molecule has 2 heterocycles. The number of methoxy groups -OCH3 is 1. The van der Waals surface area contributed by atoms with Crippen molar-refractivity contribution >= 4 is 29.1 Å². The summed E-state index contributed by atoms with van der Waals surface area (Å²) >= 11 is 6.17. The van der Waals surface area contributed by atoms with E-state index in [1.807, 2.05) is 30.3 Å².